The second-order valence-corrected chi connectivity index (χ2v) is 7.02. The van der Waals surface area contributed by atoms with Crippen molar-refractivity contribution >= 4 is 23.6 Å². The molecule has 0 aliphatic carbocycles. The summed E-state index contributed by atoms with van der Waals surface area (Å²) in [7, 11) is 0. The van der Waals surface area contributed by atoms with Crippen LogP contribution >= 0.6 is 11.8 Å². The molecule has 2 N–H and O–H groups in total. The molecular weight excluding hydrogens is 350 g/mol. The molecule has 0 bridgehead atoms. The van der Waals surface area contributed by atoms with Gasteiger partial charge in [0.1, 0.15) is 11.2 Å². The molecule has 0 aromatic heterocycles. The lowest BCUT2D eigenvalue weighted by atomic mass is 9.82. The average Bonchev–Trinajstić information content (AvgIpc) is 2.66. The first-order valence-corrected chi connectivity index (χ1v) is 9.35. The molecule has 26 heavy (non-hydrogen) atoms. The van der Waals surface area contributed by atoms with Gasteiger partial charge < -0.3 is 15.2 Å². The minimum Gasteiger partial charge on any atom is -0.494 e. The van der Waals surface area contributed by atoms with E-state index >= 15 is 0 Å². The molecule has 0 aliphatic heterocycles. The number of aliphatic carboxylic acids is 1. The first kappa shape index (κ1) is 19.8. The number of hydrogen-bond acceptors (Lipinski definition) is 4. The third kappa shape index (κ3) is 5.26. The Kier molecular flexibility index (Phi) is 7.09. The highest BCUT2D eigenvalue weighted by Gasteiger charge is 2.35. The molecule has 1 amide bonds. The fraction of sp³-hybridized carbons (Fsp3) is 0.300. The van der Waals surface area contributed by atoms with Crippen LogP contribution in [0.5, 0.6) is 5.75 Å². The number of thioether (sulfide) groups is 1. The van der Waals surface area contributed by atoms with Gasteiger partial charge >= 0.3 is 5.97 Å². The summed E-state index contributed by atoms with van der Waals surface area (Å²) >= 11 is 1.40. The molecule has 0 spiro atoms. The number of carboxylic acids is 1. The lowest BCUT2D eigenvalue weighted by molar-refractivity contribution is -0.143. The van der Waals surface area contributed by atoms with E-state index in [1.165, 1.54) is 11.8 Å². The average molecular weight is 373 g/mol. The van der Waals surface area contributed by atoms with E-state index in [2.05, 4.69) is 5.32 Å². The van der Waals surface area contributed by atoms with E-state index in [9.17, 15) is 14.7 Å². The van der Waals surface area contributed by atoms with Crippen molar-refractivity contribution in [3.05, 3.63) is 60.2 Å². The quantitative estimate of drug-likeness (QED) is 0.660. The SMILES string of the molecule is CCOc1ccc(SCC(=O)NCC(C)(C(=O)O)c2ccccc2)cc1. The van der Waals surface area contributed by atoms with Crippen LogP contribution in [0.1, 0.15) is 19.4 Å². The first-order chi connectivity index (χ1) is 12.5. The summed E-state index contributed by atoms with van der Waals surface area (Å²) in [4.78, 5) is 24.8. The molecule has 2 rings (SSSR count). The molecule has 6 heteroatoms. The molecule has 0 radical (unpaired) electrons. The van der Waals surface area contributed by atoms with Crippen molar-refractivity contribution in [1.29, 1.82) is 0 Å². The van der Waals surface area contributed by atoms with Gasteiger partial charge in [0.2, 0.25) is 5.91 Å². The molecule has 0 heterocycles. The van der Waals surface area contributed by atoms with Crippen molar-refractivity contribution in [3.63, 3.8) is 0 Å². The van der Waals surface area contributed by atoms with Crippen molar-refractivity contribution in [2.75, 3.05) is 18.9 Å². The van der Waals surface area contributed by atoms with E-state index in [1.54, 1.807) is 31.2 Å². The largest absolute Gasteiger partial charge is 0.494 e. The second kappa shape index (κ2) is 9.29. The van der Waals surface area contributed by atoms with E-state index in [0.29, 0.717) is 12.2 Å². The minimum atomic E-state index is -1.17. The lowest BCUT2D eigenvalue weighted by Crippen LogP contribution is -2.44. The normalized spacial score (nSPS) is 12.8. The van der Waals surface area contributed by atoms with Crippen molar-refractivity contribution in [1.82, 2.24) is 5.32 Å². The highest BCUT2D eigenvalue weighted by atomic mass is 32.2. The number of rotatable bonds is 9. The third-order valence-electron chi connectivity index (χ3n) is 4.03. The molecule has 1 unspecified atom stereocenters. The van der Waals surface area contributed by atoms with E-state index in [0.717, 1.165) is 10.6 Å². The standard InChI is InChI=1S/C20H23NO4S/c1-3-25-16-9-11-17(12-10-16)26-13-18(22)21-14-20(2,19(23)24)15-7-5-4-6-8-15/h4-12H,3,13-14H2,1-2H3,(H,21,22)(H,23,24). The van der Waals surface area contributed by atoms with Crippen LogP contribution in [0.4, 0.5) is 0 Å². The number of nitrogens with one attached hydrogen (secondary N) is 1. The zero-order chi connectivity index (χ0) is 19.0. The van der Waals surface area contributed by atoms with Crippen LogP contribution in [0.15, 0.2) is 59.5 Å². The van der Waals surface area contributed by atoms with Crippen LogP contribution in [0, 0.1) is 0 Å². The molecule has 0 aliphatic rings. The molecule has 138 valence electrons. The molecular formula is C20H23NO4S. The summed E-state index contributed by atoms with van der Waals surface area (Å²) in [5.74, 6) is -0.157. The molecule has 0 fully saturated rings. The fourth-order valence-corrected chi connectivity index (χ4v) is 3.11. The molecule has 0 saturated heterocycles. The Morgan fingerprint density at radius 1 is 1.12 bits per heavy atom. The Balaban J connectivity index is 1.89. The first-order valence-electron chi connectivity index (χ1n) is 8.37. The highest BCUT2D eigenvalue weighted by Crippen LogP contribution is 2.24. The Morgan fingerprint density at radius 2 is 1.77 bits per heavy atom. The van der Waals surface area contributed by atoms with E-state index in [1.807, 2.05) is 37.3 Å². The Bertz CT molecular complexity index is 733. The van der Waals surface area contributed by atoms with Gasteiger partial charge in [-0.3, -0.25) is 9.59 Å². The molecule has 0 saturated carbocycles. The van der Waals surface area contributed by atoms with Crippen molar-refractivity contribution in [2.45, 2.75) is 24.2 Å². The number of amides is 1. The van der Waals surface area contributed by atoms with Crippen LogP contribution in [-0.2, 0) is 15.0 Å². The summed E-state index contributed by atoms with van der Waals surface area (Å²) in [6.07, 6.45) is 0. The van der Waals surface area contributed by atoms with Crippen molar-refractivity contribution in [2.24, 2.45) is 0 Å². The van der Waals surface area contributed by atoms with E-state index in [-0.39, 0.29) is 18.2 Å². The van der Waals surface area contributed by atoms with Gasteiger partial charge in [0.05, 0.1) is 12.4 Å². The zero-order valence-corrected chi connectivity index (χ0v) is 15.7. The van der Waals surface area contributed by atoms with Crippen LogP contribution in [0.2, 0.25) is 0 Å². The van der Waals surface area contributed by atoms with Crippen molar-refractivity contribution < 1.29 is 19.4 Å². The van der Waals surface area contributed by atoms with Crippen molar-refractivity contribution in [3.8, 4) is 5.75 Å². The van der Waals surface area contributed by atoms with Crippen LogP contribution < -0.4 is 10.1 Å². The summed E-state index contributed by atoms with van der Waals surface area (Å²) in [5, 5.41) is 12.3. The smallest absolute Gasteiger partial charge is 0.315 e. The number of carboxylic acid groups (broad SMARTS) is 1. The molecule has 2 aromatic rings. The summed E-state index contributed by atoms with van der Waals surface area (Å²) in [6, 6.07) is 16.5. The summed E-state index contributed by atoms with van der Waals surface area (Å²) in [6.45, 7) is 4.19. The molecule has 2 aromatic carbocycles. The van der Waals surface area contributed by atoms with Gasteiger partial charge in [0, 0.05) is 11.4 Å². The lowest BCUT2D eigenvalue weighted by Gasteiger charge is -2.25. The maximum absolute atomic E-state index is 12.1. The van der Waals surface area contributed by atoms with Gasteiger partial charge in [-0.05, 0) is 43.7 Å². The van der Waals surface area contributed by atoms with E-state index in [4.69, 9.17) is 4.74 Å². The third-order valence-corrected chi connectivity index (χ3v) is 5.04. The predicted octanol–water partition coefficient (Wildman–Crippen LogP) is 3.34. The van der Waals surface area contributed by atoms with Gasteiger partial charge in [-0.25, -0.2) is 0 Å². The van der Waals surface area contributed by atoms with Gasteiger partial charge in [-0.2, -0.15) is 0 Å². The number of hydrogen-bond donors (Lipinski definition) is 2. The van der Waals surface area contributed by atoms with Crippen LogP contribution in [-0.4, -0.2) is 35.9 Å². The maximum atomic E-state index is 12.1. The molecule has 5 nitrogen and oxygen atoms in total. The summed E-state index contributed by atoms with van der Waals surface area (Å²) in [5.41, 5.74) is -0.507. The number of ether oxygens (including phenoxy) is 1. The summed E-state index contributed by atoms with van der Waals surface area (Å²) < 4.78 is 5.38. The second-order valence-electron chi connectivity index (χ2n) is 5.97. The number of carbonyl (C=O) groups excluding carboxylic acids is 1. The van der Waals surface area contributed by atoms with Gasteiger partial charge in [-0.1, -0.05) is 30.3 Å². The zero-order valence-electron chi connectivity index (χ0n) is 14.9. The number of benzene rings is 2. The highest BCUT2D eigenvalue weighted by molar-refractivity contribution is 8.00. The van der Waals surface area contributed by atoms with Gasteiger partial charge in [-0.15, -0.1) is 11.8 Å². The van der Waals surface area contributed by atoms with Crippen LogP contribution in [0.3, 0.4) is 0 Å². The van der Waals surface area contributed by atoms with Crippen LogP contribution in [0.25, 0.3) is 0 Å². The maximum Gasteiger partial charge on any atom is 0.315 e. The number of carbonyl (C=O) groups is 2. The van der Waals surface area contributed by atoms with Gasteiger partial charge in [0.25, 0.3) is 0 Å². The Labute approximate surface area is 157 Å². The van der Waals surface area contributed by atoms with E-state index < -0.39 is 11.4 Å². The molecule has 1 atom stereocenters. The fourth-order valence-electron chi connectivity index (χ4n) is 2.38. The monoisotopic (exact) mass is 373 g/mol. The topological polar surface area (TPSA) is 75.6 Å². The minimum absolute atomic E-state index is 0.0367. The Hall–Kier alpha value is -2.47. The van der Waals surface area contributed by atoms with Gasteiger partial charge in [0.15, 0.2) is 0 Å². The predicted molar refractivity (Wildman–Crippen MR) is 103 cm³/mol. The Morgan fingerprint density at radius 3 is 2.35 bits per heavy atom.